The Hall–Kier alpha value is -3.43. The van der Waals surface area contributed by atoms with E-state index in [0.29, 0.717) is 28.8 Å². The van der Waals surface area contributed by atoms with Crippen LogP contribution in [-0.4, -0.2) is 59.8 Å². The number of aliphatic hydroxyl groups excluding tert-OH is 1. The fourth-order valence-electron chi connectivity index (χ4n) is 3.91. The molecule has 1 aliphatic rings. The first-order valence-corrected chi connectivity index (χ1v) is 11.4. The zero-order valence-corrected chi connectivity index (χ0v) is 20.5. The van der Waals surface area contributed by atoms with Crippen LogP contribution in [0, 0.1) is 0 Å². The van der Waals surface area contributed by atoms with Gasteiger partial charge in [-0.25, -0.2) is 0 Å². The van der Waals surface area contributed by atoms with Gasteiger partial charge in [0.15, 0.2) is 11.5 Å². The van der Waals surface area contributed by atoms with Crippen LogP contribution in [0.2, 0.25) is 0 Å². The predicted molar refractivity (Wildman–Crippen MR) is 129 cm³/mol. The lowest BCUT2D eigenvalue weighted by atomic mass is 9.95. The summed E-state index contributed by atoms with van der Waals surface area (Å²) in [5.74, 6) is -1.89. The summed E-state index contributed by atoms with van der Waals surface area (Å²) in [5.41, 5.74) is 1.05. The van der Waals surface area contributed by atoms with Gasteiger partial charge >= 0.3 is 5.97 Å². The molecular formula is C25H23BrN2O6. The van der Waals surface area contributed by atoms with Gasteiger partial charge in [0.2, 0.25) is 5.78 Å². The second-order valence-electron chi connectivity index (χ2n) is 8.25. The van der Waals surface area contributed by atoms with Crippen LogP contribution >= 0.6 is 15.9 Å². The number of fused-ring (bicyclic) bond motifs is 1. The fraction of sp³-hybridized carbons (Fsp3) is 0.240. The Balaban J connectivity index is 1.76. The molecule has 9 heteroatoms. The van der Waals surface area contributed by atoms with E-state index in [1.165, 1.54) is 11.8 Å². The van der Waals surface area contributed by atoms with Gasteiger partial charge in [-0.2, -0.15) is 0 Å². The highest BCUT2D eigenvalue weighted by molar-refractivity contribution is 9.10. The Morgan fingerprint density at radius 3 is 2.50 bits per heavy atom. The number of carbonyl (C=O) groups excluding carboxylic acids is 3. The minimum atomic E-state index is -0.828. The summed E-state index contributed by atoms with van der Waals surface area (Å²) in [6.07, 6.45) is 0. The van der Waals surface area contributed by atoms with E-state index in [-0.39, 0.29) is 17.9 Å². The van der Waals surface area contributed by atoms with Gasteiger partial charge in [0, 0.05) is 29.9 Å². The molecule has 0 saturated heterocycles. The highest BCUT2D eigenvalue weighted by Crippen LogP contribution is 2.40. The van der Waals surface area contributed by atoms with Crippen LogP contribution in [0.1, 0.15) is 29.1 Å². The minimum absolute atomic E-state index is 0.0263. The first-order chi connectivity index (χ1) is 16.2. The molecule has 1 atom stereocenters. The molecule has 0 fully saturated rings. The summed E-state index contributed by atoms with van der Waals surface area (Å²) in [6, 6.07) is 12.6. The lowest BCUT2D eigenvalue weighted by Crippen LogP contribution is -2.36. The Bertz CT molecular complexity index is 1310. The zero-order valence-electron chi connectivity index (χ0n) is 18.9. The van der Waals surface area contributed by atoms with E-state index in [1.54, 1.807) is 42.5 Å². The number of Topliss-reactive ketones (excluding diaryl/α,β-unsaturated/α-hetero) is 1. The summed E-state index contributed by atoms with van der Waals surface area (Å²) < 4.78 is 11.7. The average Bonchev–Trinajstić information content (AvgIpc) is 3.31. The number of hydrogen-bond donors (Lipinski definition) is 1. The number of esters is 1. The molecular weight excluding hydrogens is 504 g/mol. The third-order valence-electron chi connectivity index (χ3n) is 5.50. The first kappa shape index (κ1) is 23.7. The van der Waals surface area contributed by atoms with E-state index in [2.05, 4.69) is 15.9 Å². The molecule has 2 aromatic carbocycles. The van der Waals surface area contributed by atoms with Gasteiger partial charge in [-0.15, -0.1) is 0 Å². The van der Waals surface area contributed by atoms with Gasteiger partial charge in [0.05, 0.1) is 11.6 Å². The molecule has 0 bridgehead atoms. The number of aliphatic hydroxyl groups is 1. The number of halogens is 1. The summed E-state index contributed by atoms with van der Waals surface area (Å²) >= 11 is 3.40. The topological polar surface area (TPSA) is 100 Å². The third kappa shape index (κ3) is 4.62. The van der Waals surface area contributed by atoms with Crippen molar-refractivity contribution in [3.8, 4) is 5.75 Å². The summed E-state index contributed by atoms with van der Waals surface area (Å²) in [4.78, 5) is 41.2. The minimum Gasteiger partial charge on any atom is -0.503 e. The van der Waals surface area contributed by atoms with Crippen molar-refractivity contribution >= 4 is 44.6 Å². The van der Waals surface area contributed by atoms with E-state index in [9.17, 15) is 19.5 Å². The average molecular weight is 527 g/mol. The number of likely N-dealkylation sites (N-methyl/N-ethyl adjacent to an activating group) is 1. The molecule has 34 heavy (non-hydrogen) atoms. The van der Waals surface area contributed by atoms with Crippen molar-refractivity contribution < 1.29 is 28.6 Å². The van der Waals surface area contributed by atoms with E-state index in [4.69, 9.17) is 9.15 Å². The van der Waals surface area contributed by atoms with Crippen molar-refractivity contribution in [2.75, 3.05) is 27.2 Å². The molecule has 4 rings (SSSR count). The highest BCUT2D eigenvalue weighted by atomic mass is 79.9. The van der Waals surface area contributed by atoms with E-state index >= 15 is 0 Å². The van der Waals surface area contributed by atoms with E-state index < -0.39 is 29.5 Å². The van der Waals surface area contributed by atoms with Gasteiger partial charge in [-0.3, -0.25) is 14.4 Å². The van der Waals surface area contributed by atoms with Crippen molar-refractivity contribution in [1.82, 2.24) is 9.80 Å². The summed E-state index contributed by atoms with van der Waals surface area (Å²) in [7, 11) is 3.74. The quantitative estimate of drug-likeness (QED) is 0.279. The van der Waals surface area contributed by atoms with Crippen LogP contribution in [0.25, 0.3) is 11.0 Å². The zero-order chi connectivity index (χ0) is 24.6. The number of furan rings is 1. The molecule has 0 radical (unpaired) electrons. The summed E-state index contributed by atoms with van der Waals surface area (Å²) in [5, 5.41) is 11.5. The Kier molecular flexibility index (Phi) is 6.58. The molecule has 3 aromatic rings. The number of amides is 1. The van der Waals surface area contributed by atoms with Gasteiger partial charge in [-0.05, 0) is 56.1 Å². The highest BCUT2D eigenvalue weighted by Gasteiger charge is 2.44. The number of ether oxygens (including phenoxy) is 1. The normalized spacial score (nSPS) is 16.1. The smallest absolute Gasteiger partial charge is 0.308 e. The third-order valence-corrected chi connectivity index (χ3v) is 5.99. The molecule has 8 nitrogen and oxygen atoms in total. The first-order valence-electron chi connectivity index (χ1n) is 10.6. The number of ketones is 1. The van der Waals surface area contributed by atoms with Crippen molar-refractivity contribution in [3.63, 3.8) is 0 Å². The lowest BCUT2D eigenvalue weighted by molar-refractivity contribution is -0.132. The largest absolute Gasteiger partial charge is 0.503 e. The van der Waals surface area contributed by atoms with Crippen molar-refractivity contribution in [2.24, 2.45) is 0 Å². The van der Waals surface area contributed by atoms with Crippen LogP contribution in [0.3, 0.4) is 0 Å². The van der Waals surface area contributed by atoms with E-state index in [0.717, 1.165) is 4.47 Å². The van der Waals surface area contributed by atoms with Gasteiger partial charge in [0.25, 0.3) is 5.91 Å². The number of nitrogens with zero attached hydrogens (tertiary/aromatic N) is 2. The van der Waals surface area contributed by atoms with Crippen LogP contribution < -0.4 is 4.74 Å². The maximum atomic E-state index is 13.6. The molecule has 1 aliphatic heterocycles. The number of benzene rings is 2. The van der Waals surface area contributed by atoms with Crippen molar-refractivity contribution in [1.29, 1.82) is 0 Å². The van der Waals surface area contributed by atoms with Gasteiger partial charge < -0.3 is 24.1 Å². The molecule has 1 N–H and O–H groups in total. The molecule has 176 valence electrons. The van der Waals surface area contributed by atoms with Gasteiger partial charge in [0.1, 0.15) is 11.3 Å². The van der Waals surface area contributed by atoms with Crippen molar-refractivity contribution in [2.45, 2.75) is 13.0 Å². The number of rotatable bonds is 7. The Morgan fingerprint density at radius 2 is 1.85 bits per heavy atom. The Morgan fingerprint density at radius 1 is 1.15 bits per heavy atom. The van der Waals surface area contributed by atoms with Gasteiger partial charge in [-0.1, -0.05) is 28.1 Å². The second-order valence-corrected chi connectivity index (χ2v) is 9.17. The molecule has 0 spiro atoms. The van der Waals surface area contributed by atoms with Crippen LogP contribution in [-0.2, 0) is 9.59 Å². The molecule has 1 aromatic heterocycles. The monoisotopic (exact) mass is 526 g/mol. The van der Waals surface area contributed by atoms with Crippen molar-refractivity contribution in [3.05, 3.63) is 75.7 Å². The summed E-state index contributed by atoms with van der Waals surface area (Å²) in [6.45, 7) is 2.12. The predicted octanol–water partition coefficient (Wildman–Crippen LogP) is 4.26. The number of hydrogen-bond acceptors (Lipinski definition) is 7. The Labute approximate surface area is 204 Å². The fourth-order valence-corrected chi connectivity index (χ4v) is 4.29. The maximum Gasteiger partial charge on any atom is 0.308 e. The van der Waals surface area contributed by atoms with Crippen LogP contribution in [0.4, 0.5) is 0 Å². The maximum absolute atomic E-state index is 13.6. The molecule has 1 unspecified atom stereocenters. The second kappa shape index (κ2) is 9.44. The van der Waals surface area contributed by atoms with Crippen LogP contribution in [0.5, 0.6) is 5.75 Å². The molecule has 1 amide bonds. The molecule has 0 saturated carbocycles. The lowest BCUT2D eigenvalue weighted by Gasteiger charge is -2.28. The SMILES string of the molecule is CC(=O)Oc1ccc(C2C(C(=O)c3cc4cc(Br)ccc4o3)=C(O)C(=O)N2CCN(C)C)cc1. The standard InChI is InChI=1S/C25H23BrN2O6/c1-14(29)33-18-7-4-15(5-8-18)22-21(24(31)25(32)28(22)11-10-27(2)3)23(30)20-13-16-12-17(26)6-9-19(16)34-20/h4-9,12-13,22,31H,10-11H2,1-3H3. The van der Waals surface area contributed by atoms with E-state index in [1.807, 2.05) is 25.1 Å². The molecule has 0 aliphatic carbocycles. The number of carbonyl (C=O) groups is 3. The molecule has 2 heterocycles. The van der Waals surface area contributed by atoms with Crippen LogP contribution in [0.15, 0.2) is 68.8 Å².